The van der Waals surface area contributed by atoms with Crippen molar-refractivity contribution in [2.45, 2.75) is 12.6 Å². The first-order valence-corrected chi connectivity index (χ1v) is 5.91. The fourth-order valence-electron chi connectivity index (χ4n) is 2.07. The Balaban J connectivity index is 1.96. The van der Waals surface area contributed by atoms with Gasteiger partial charge in [-0.2, -0.15) is 0 Å². The molecule has 0 spiro atoms. The first-order chi connectivity index (χ1) is 8.29. The van der Waals surface area contributed by atoms with E-state index in [2.05, 4.69) is 4.90 Å². The van der Waals surface area contributed by atoms with Gasteiger partial charge < -0.3 is 10.5 Å². The Kier molecular flexibility index (Phi) is 4.25. The quantitative estimate of drug-likeness (QED) is 0.778. The third kappa shape index (κ3) is 3.36. The highest BCUT2D eigenvalue weighted by atomic mass is 16.5. The highest BCUT2D eigenvalue weighted by molar-refractivity contribution is 5.74. The van der Waals surface area contributed by atoms with Gasteiger partial charge in [0.1, 0.15) is 6.29 Å². The smallest absolute Gasteiger partial charge is 0.150 e. The van der Waals surface area contributed by atoms with E-state index in [0.29, 0.717) is 5.56 Å². The van der Waals surface area contributed by atoms with Crippen LogP contribution in [0.15, 0.2) is 24.3 Å². The van der Waals surface area contributed by atoms with E-state index in [1.807, 2.05) is 18.2 Å². The van der Waals surface area contributed by atoms with Gasteiger partial charge in [-0.25, -0.2) is 0 Å². The van der Waals surface area contributed by atoms with Crippen LogP contribution in [0.2, 0.25) is 0 Å². The third-order valence-corrected chi connectivity index (χ3v) is 3.05. The van der Waals surface area contributed by atoms with Crippen molar-refractivity contribution in [3.8, 4) is 0 Å². The van der Waals surface area contributed by atoms with Crippen molar-refractivity contribution in [2.24, 2.45) is 5.73 Å². The second-order valence-electron chi connectivity index (χ2n) is 4.28. The summed E-state index contributed by atoms with van der Waals surface area (Å²) in [6, 6.07) is 7.60. The maximum absolute atomic E-state index is 10.7. The van der Waals surface area contributed by atoms with Gasteiger partial charge >= 0.3 is 0 Å². The van der Waals surface area contributed by atoms with Gasteiger partial charge in [0, 0.05) is 25.1 Å². The van der Waals surface area contributed by atoms with E-state index in [4.69, 9.17) is 10.5 Å². The second kappa shape index (κ2) is 5.91. The highest BCUT2D eigenvalue weighted by Crippen LogP contribution is 2.09. The largest absolute Gasteiger partial charge is 0.379 e. The van der Waals surface area contributed by atoms with Crippen LogP contribution in [0.4, 0.5) is 0 Å². The Morgan fingerprint density at radius 1 is 1.41 bits per heavy atom. The molecule has 0 aliphatic carbocycles. The van der Waals surface area contributed by atoms with Gasteiger partial charge in [-0.05, 0) is 11.6 Å². The Bertz CT molecular complexity index is 375. The molecule has 0 radical (unpaired) electrons. The second-order valence-corrected chi connectivity index (χ2v) is 4.28. The predicted molar refractivity (Wildman–Crippen MR) is 65.9 cm³/mol. The average Bonchev–Trinajstić information content (AvgIpc) is 2.40. The van der Waals surface area contributed by atoms with Crippen molar-refractivity contribution in [2.75, 3.05) is 26.3 Å². The van der Waals surface area contributed by atoms with Gasteiger partial charge in [0.05, 0.1) is 19.4 Å². The highest BCUT2D eigenvalue weighted by Gasteiger charge is 2.17. The first kappa shape index (κ1) is 12.2. The summed E-state index contributed by atoms with van der Waals surface area (Å²) < 4.78 is 5.29. The molecule has 0 aromatic heterocycles. The van der Waals surface area contributed by atoms with Crippen LogP contribution in [-0.4, -0.2) is 43.7 Å². The van der Waals surface area contributed by atoms with Crippen LogP contribution in [0.5, 0.6) is 0 Å². The number of carbonyl (C=O) groups excluding carboxylic acids is 1. The van der Waals surface area contributed by atoms with Gasteiger partial charge in [0.2, 0.25) is 0 Å². The van der Waals surface area contributed by atoms with E-state index in [1.165, 1.54) is 0 Å². The van der Waals surface area contributed by atoms with Gasteiger partial charge in [0.15, 0.2) is 0 Å². The van der Waals surface area contributed by atoms with Crippen LogP contribution in [0.3, 0.4) is 0 Å². The molecule has 1 fully saturated rings. The van der Waals surface area contributed by atoms with Crippen LogP contribution < -0.4 is 5.73 Å². The number of nitrogens with zero attached hydrogens (tertiary/aromatic N) is 1. The number of hydrogen-bond donors (Lipinski definition) is 1. The number of rotatable bonds is 4. The van der Waals surface area contributed by atoms with Crippen LogP contribution in [0.1, 0.15) is 15.9 Å². The fourth-order valence-corrected chi connectivity index (χ4v) is 2.07. The molecular formula is C13H18N2O2. The lowest BCUT2D eigenvalue weighted by molar-refractivity contribution is 0.0179. The molecule has 2 rings (SSSR count). The lowest BCUT2D eigenvalue weighted by Crippen LogP contribution is -2.49. The SMILES string of the molecule is NC(Cc1cccc(C=O)c1)N1CCOCC1. The summed E-state index contributed by atoms with van der Waals surface area (Å²) in [5.41, 5.74) is 7.96. The van der Waals surface area contributed by atoms with E-state index in [0.717, 1.165) is 44.6 Å². The van der Waals surface area contributed by atoms with E-state index < -0.39 is 0 Å². The zero-order chi connectivity index (χ0) is 12.1. The Labute approximate surface area is 101 Å². The Hall–Kier alpha value is -1.23. The van der Waals surface area contributed by atoms with Crippen LogP contribution >= 0.6 is 0 Å². The van der Waals surface area contributed by atoms with Crippen molar-refractivity contribution >= 4 is 6.29 Å². The molecule has 4 heteroatoms. The summed E-state index contributed by atoms with van der Waals surface area (Å²) in [6.07, 6.45) is 1.63. The molecule has 0 saturated carbocycles. The molecule has 0 amide bonds. The summed E-state index contributed by atoms with van der Waals surface area (Å²) in [4.78, 5) is 12.9. The summed E-state index contributed by atoms with van der Waals surface area (Å²) in [6.45, 7) is 3.27. The molecule has 1 aromatic carbocycles. The van der Waals surface area contributed by atoms with E-state index in [9.17, 15) is 4.79 Å². The summed E-state index contributed by atoms with van der Waals surface area (Å²) >= 11 is 0. The van der Waals surface area contributed by atoms with Crippen molar-refractivity contribution in [1.29, 1.82) is 0 Å². The van der Waals surface area contributed by atoms with Crippen LogP contribution in [-0.2, 0) is 11.2 Å². The van der Waals surface area contributed by atoms with Gasteiger partial charge in [-0.1, -0.05) is 18.2 Å². The van der Waals surface area contributed by atoms with E-state index >= 15 is 0 Å². The lowest BCUT2D eigenvalue weighted by atomic mass is 10.1. The molecule has 1 unspecified atom stereocenters. The lowest BCUT2D eigenvalue weighted by Gasteiger charge is -2.32. The molecule has 17 heavy (non-hydrogen) atoms. The average molecular weight is 234 g/mol. The van der Waals surface area contributed by atoms with E-state index in [-0.39, 0.29) is 6.17 Å². The molecule has 1 saturated heterocycles. The maximum atomic E-state index is 10.7. The Morgan fingerprint density at radius 3 is 2.88 bits per heavy atom. The fraction of sp³-hybridized carbons (Fsp3) is 0.462. The molecule has 1 aromatic rings. The van der Waals surface area contributed by atoms with Crippen LogP contribution in [0, 0.1) is 0 Å². The third-order valence-electron chi connectivity index (χ3n) is 3.05. The van der Waals surface area contributed by atoms with Crippen LogP contribution in [0.25, 0.3) is 0 Å². The van der Waals surface area contributed by atoms with Crippen molar-refractivity contribution < 1.29 is 9.53 Å². The zero-order valence-electron chi connectivity index (χ0n) is 9.84. The molecular weight excluding hydrogens is 216 g/mol. The maximum Gasteiger partial charge on any atom is 0.150 e. The molecule has 0 bridgehead atoms. The minimum absolute atomic E-state index is 0.000743. The number of morpholine rings is 1. The van der Waals surface area contributed by atoms with Gasteiger partial charge in [0.25, 0.3) is 0 Å². The molecule has 1 aliphatic rings. The Morgan fingerprint density at radius 2 is 2.18 bits per heavy atom. The molecule has 1 atom stereocenters. The number of ether oxygens (including phenoxy) is 1. The minimum atomic E-state index is 0.000743. The zero-order valence-corrected chi connectivity index (χ0v) is 9.84. The number of aldehydes is 1. The predicted octanol–water partition coefficient (Wildman–Crippen LogP) is 0.659. The van der Waals surface area contributed by atoms with E-state index in [1.54, 1.807) is 6.07 Å². The number of carbonyl (C=O) groups is 1. The monoisotopic (exact) mass is 234 g/mol. The number of benzene rings is 1. The summed E-state index contributed by atoms with van der Waals surface area (Å²) in [7, 11) is 0. The molecule has 1 heterocycles. The number of nitrogens with two attached hydrogens (primary N) is 1. The first-order valence-electron chi connectivity index (χ1n) is 5.91. The van der Waals surface area contributed by atoms with Gasteiger partial charge in [-0.3, -0.25) is 9.69 Å². The molecule has 2 N–H and O–H groups in total. The van der Waals surface area contributed by atoms with Crippen molar-refractivity contribution in [1.82, 2.24) is 4.90 Å². The van der Waals surface area contributed by atoms with Crippen molar-refractivity contribution in [3.05, 3.63) is 35.4 Å². The standard InChI is InChI=1S/C13H18N2O2/c14-13(15-4-6-17-7-5-15)9-11-2-1-3-12(8-11)10-16/h1-3,8,10,13H,4-7,9,14H2. The summed E-state index contributed by atoms with van der Waals surface area (Å²) in [5, 5.41) is 0. The summed E-state index contributed by atoms with van der Waals surface area (Å²) in [5.74, 6) is 0. The molecule has 1 aliphatic heterocycles. The van der Waals surface area contributed by atoms with Crippen molar-refractivity contribution in [3.63, 3.8) is 0 Å². The molecule has 4 nitrogen and oxygen atoms in total. The number of hydrogen-bond acceptors (Lipinski definition) is 4. The minimum Gasteiger partial charge on any atom is -0.379 e. The molecule has 92 valence electrons. The normalized spacial score (nSPS) is 18.9. The topological polar surface area (TPSA) is 55.6 Å². The van der Waals surface area contributed by atoms with Gasteiger partial charge in [-0.15, -0.1) is 0 Å².